The van der Waals surface area contributed by atoms with Crippen LogP contribution in [-0.4, -0.2) is 29.7 Å². The Morgan fingerprint density at radius 2 is 2.50 bits per heavy atom. The van der Waals surface area contributed by atoms with Gasteiger partial charge >= 0.3 is 0 Å². The van der Waals surface area contributed by atoms with Gasteiger partial charge in [-0.25, -0.2) is 0 Å². The predicted octanol–water partition coefficient (Wildman–Crippen LogP) is 1.95. The van der Waals surface area contributed by atoms with Crippen LogP contribution in [0.1, 0.15) is 18.4 Å². The van der Waals surface area contributed by atoms with Crippen molar-refractivity contribution in [2.75, 3.05) is 19.7 Å². The Morgan fingerprint density at radius 1 is 1.57 bits per heavy atom. The van der Waals surface area contributed by atoms with Crippen LogP contribution in [0.4, 0.5) is 0 Å². The van der Waals surface area contributed by atoms with Crippen molar-refractivity contribution < 1.29 is 5.11 Å². The van der Waals surface area contributed by atoms with Crippen molar-refractivity contribution in [1.29, 1.82) is 0 Å². The number of aliphatic hydroxyl groups is 1. The van der Waals surface area contributed by atoms with Gasteiger partial charge in [0.1, 0.15) is 0 Å². The number of hydrogen-bond acceptors (Lipinski definition) is 3. The van der Waals surface area contributed by atoms with Gasteiger partial charge in [0, 0.05) is 19.7 Å². The van der Waals surface area contributed by atoms with Gasteiger partial charge in [0.15, 0.2) is 0 Å². The van der Waals surface area contributed by atoms with Gasteiger partial charge in [-0.2, -0.15) is 11.3 Å². The lowest BCUT2D eigenvalue weighted by Crippen LogP contribution is -2.19. The van der Waals surface area contributed by atoms with E-state index in [0.717, 1.165) is 25.4 Å². The van der Waals surface area contributed by atoms with E-state index in [-0.39, 0.29) is 0 Å². The molecular weight excluding hydrogens is 194 g/mol. The van der Waals surface area contributed by atoms with E-state index in [2.05, 4.69) is 21.7 Å². The van der Waals surface area contributed by atoms with Crippen LogP contribution in [0.15, 0.2) is 16.8 Å². The van der Waals surface area contributed by atoms with Crippen LogP contribution in [0.5, 0.6) is 0 Å². The molecule has 2 heterocycles. The Morgan fingerprint density at radius 3 is 3.21 bits per heavy atom. The van der Waals surface area contributed by atoms with Crippen LogP contribution in [0.3, 0.4) is 0 Å². The number of likely N-dealkylation sites (tertiary alicyclic amines) is 1. The summed E-state index contributed by atoms with van der Waals surface area (Å²) in [4.78, 5) is 2.49. The summed E-state index contributed by atoms with van der Waals surface area (Å²) >= 11 is 1.77. The van der Waals surface area contributed by atoms with Crippen LogP contribution in [0.2, 0.25) is 0 Å². The Kier molecular flexibility index (Phi) is 3.56. The van der Waals surface area contributed by atoms with E-state index >= 15 is 0 Å². The van der Waals surface area contributed by atoms with E-state index in [1.807, 2.05) is 0 Å². The second kappa shape index (κ2) is 4.91. The Labute approximate surface area is 89.2 Å². The van der Waals surface area contributed by atoms with Gasteiger partial charge in [-0.15, -0.1) is 0 Å². The minimum atomic E-state index is 0.344. The molecule has 1 fully saturated rings. The molecule has 1 aromatic heterocycles. The van der Waals surface area contributed by atoms with Gasteiger partial charge in [0.05, 0.1) is 0 Å². The first-order chi connectivity index (χ1) is 6.88. The van der Waals surface area contributed by atoms with Crippen LogP contribution in [0.25, 0.3) is 0 Å². The summed E-state index contributed by atoms with van der Waals surface area (Å²) in [5, 5.41) is 13.2. The molecule has 0 aliphatic carbocycles. The first-order valence-electron chi connectivity index (χ1n) is 5.23. The highest BCUT2D eigenvalue weighted by molar-refractivity contribution is 7.07. The summed E-state index contributed by atoms with van der Waals surface area (Å²) in [6, 6.07) is 2.20. The molecule has 0 saturated carbocycles. The summed E-state index contributed by atoms with van der Waals surface area (Å²) in [7, 11) is 0. The SMILES string of the molecule is OCCC1CCN(Cc2ccsc2)C1. The second-order valence-electron chi connectivity index (χ2n) is 4.03. The quantitative estimate of drug-likeness (QED) is 0.823. The van der Waals surface area contributed by atoms with Gasteiger partial charge in [0.2, 0.25) is 0 Å². The third-order valence-electron chi connectivity index (χ3n) is 2.89. The van der Waals surface area contributed by atoms with Crippen molar-refractivity contribution in [3.05, 3.63) is 22.4 Å². The summed E-state index contributed by atoms with van der Waals surface area (Å²) in [5.41, 5.74) is 1.43. The maximum atomic E-state index is 8.85. The van der Waals surface area contributed by atoms with Crippen molar-refractivity contribution in [1.82, 2.24) is 4.90 Å². The van der Waals surface area contributed by atoms with E-state index < -0.39 is 0 Å². The zero-order valence-corrected chi connectivity index (χ0v) is 9.17. The van der Waals surface area contributed by atoms with Crippen molar-refractivity contribution in [2.24, 2.45) is 5.92 Å². The molecule has 3 heteroatoms. The number of thiophene rings is 1. The number of nitrogens with zero attached hydrogens (tertiary/aromatic N) is 1. The van der Waals surface area contributed by atoms with Crippen LogP contribution in [0, 0.1) is 5.92 Å². The highest BCUT2D eigenvalue weighted by Gasteiger charge is 2.21. The molecule has 2 rings (SSSR count). The topological polar surface area (TPSA) is 23.5 Å². The van der Waals surface area contributed by atoms with Crippen molar-refractivity contribution in [3.63, 3.8) is 0 Å². The molecule has 0 spiro atoms. The number of aliphatic hydroxyl groups excluding tert-OH is 1. The van der Waals surface area contributed by atoms with E-state index in [1.54, 1.807) is 11.3 Å². The third-order valence-corrected chi connectivity index (χ3v) is 3.63. The molecule has 1 unspecified atom stereocenters. The average molecular weight is 211 g/mol. The minimum absolute atomic E-state index is 0.344. The lowest BCUT2D eigenvalue weighted by molar-refractivity contribution is 0.249. The molecule has 1 aromatic rings. The standard InChI is InChI=1S/C11H17NOS/c13-5-2-10-1-4-12(7-10)8-11-3-6-14-9-11/h3,6,9-10,13H,1-2,4-5,7-8H2. The fraction of sp³-hybridized carbons (Fsp3) is 0.636. The molecule has 0 amide bonds. The summed E-state index contributed by atoms with van der Waals surface area (Å²) < 4.78 is 0. The largest absolute Gasteiger partial charge is 0.396 e. The molecule has 1 aliphatic rings. The predicted molar refractivity (Wildman–Crippen MR) is 59.4 cm³/mol. The first kappa shape index (κ1) is 10.1. The molecule has 0 radical (unpaired) electrons. The van der Waals surface area contributed by atoms with E-state index in [4.69, 9.17) is 5.11 Å². The van der Waals surface area contributed by atoms with Crippen LogP contribution in [-0.2, 0) is 6.54 Å². The first-order valence-corrected chi connectivity index (χ1v) is 6.17. The van der Waals surface area contributed by atoms with E-state index in [0.29, 0.717) is 6.61 Å². The Hall–Kier alpha value is -0.380. The van der Waals surface area contributed by atoms with Crippen LogP contribution < -0.4 is 0 Å². The molecule has 0 aromatic carbocycles. The lowest BCUT2D eigenvalue weighted by Gasteiger charge is -2.14. The smallest absolute Gasteiger partial charge is 0.0434 e. The molecule has 1 N–H and O–H groups in total. The van der Waals surface area contributed by atoms with Crippen molar-refractivity contribution >= 4 is 11.3 Å². The molecule has 2 nitrogen and oxygen atoms in total. The van der Waals surface area contributed by atoms with Crippen LogP contribution >= 0.6 is 11.3 Å². The third kappa shape index (κ3) is 2.56. The van der Waals surface area contributed by atoms with Gasteiger partial charge in [-0.1, -0.05) is 0 Å². The van der Waals surface area contributed by atoms with Gasteiger partial charge in [-0.05, 0) is 47.7 Å². The zero-order chi connectivity index (χ0) is 9.80. The molecule has 78 valence electrons. The monoisotopic (exact) mass is 211 g/mol. The van der Waals surface area contributed by atoms with Gasteiger partial charge in [0.25, 0.3) is 0 Å². The molecule has 14 heavy (non-hydrogen) atoms. The highest BCUT2D eigenvalue weighted by Crippen LogP contribution is 2.21. The Bertz CT molecular complexity index is 260. The second-order valence-corrected chi connectivity index (χ2v) is 4.81. The molecule has 1 atom stereocenters. The molecule has 0 bridgehead atoms. The van der Waals surface area contributed by atoms with Crippen molar-refractivity contribution in [2.45, 2.75) is 19.4 Å². The minimum Gasteiger partial charge on any atom is -0.396 e. The molecule has 1 saturated heterocycles. The highest BCUT2D eigenvalue weighted by atomic mass is 32.1. The normalized spacial score (nSPS) is 23.1. The van der Waals surface area contributed by atoms with Crippen molar-refractivity contribution in [3.8, 4) is 0 Å². The van der Waals surface area contributed by atoms with Gasteiger partial charge < -0.3 is 5.11 Å². The fourth-order valence-electron chi connectivity index (χ4n) is 2.12. The fourth-order valence-corrected chi connectivity index (χ4v) is 2.78. The lowest BCUT2D eigenvalue weighted by atomic mass is 10.1. The average Bonchev–Trinajstić information content (AvgIpc) is 2.79. The summed E-state index contributed by atoms with van der Waals surface area (Å²) in [6.45, 7) is 3.79. The zero-order valence-electron chi connectivity index (χ0n) is 8.35. The Balaban J connectivity index is 1.79. The maximum Gasteiger partial charge on any atom is 0.0434 e. The summed E-state index contributed by atoms with van der Waals surface area (Å²) in [5.74, 6) is 0.721. The van der Waals surface area contributed by atoms with E-state index in [9.17, 15) is 0 Å². The molecule has 1 aliphatic heterocycles. The van der Waals surface area contributed by atoms with E-state index in [1.165, 1.54) is 18.5 Å². The number of hydrogen-bond donors (Lipinski definition) is 1. The molecular formula is C11H17NOS. The maximum absolute atomic E-state index is 8.85. The van der Waals surface area contributed by atoms with Gasteiger partial charge in [-0.3, -0.25) is 4.90 Å². The number of rotatable bonds is 4. The summed E-state index contributed by atoms with van der Waals surface area (Å²) in [6.07, 6.45) is 2.23.